The van der Waals surface area contributed by atoms with Crippen LogP contribution in [0.25, 0.3) is 0 Å². The lowest BCUT2D eigenvalue weighted by Gasteiger charge is -2.36. The molecule has 0 unspecified atom stereocenters. The Bertz CT molecular complexity index is 1250. The predicted octanol–water partition coefficient (Wildman–Crippen LogP) is 2.26. The van der Waals surface area contributed by atoms with E-state index in [1.54, 1.807) is 25.1 Å². The molecule has 168 valence electrons. The van der Waals surface area contributed by atoms with Crippen molar-refractivity contribution in [2.24, 2.45) is 11.7 Å². The number of nitrogens with two attached hydrogens (primary N) is 1. The number of thioether (sulfide) groups is 1. The van der Waals surface area contributed by atoms with Crippen molar-refractivity contribution in [1.82, 2.24) is 0 Å². The summed E-state index contributed by atoms with van der Waals surface area (Å²) in [6.07, 6.45) is 0. The van der Waals surface area contributed by atoms with Crippen LogP contribution in [0.5, 0.6) is 11.5 Å². The summed E-state index contributed by atoms with van der Waals surface area (Å²) >= 11 is 0.973. The molecule has 10 heteroatoms. The number of hydrogen-bond donors (Lipinski definition) is 2. The van der Waals surface area contributed by atoms with Gasteiger partial charge in [0.1, 0.15) is 5.25 Å². The highest BCUT2D eigenvalue weighted by molar-refractivity contribution is 8.04. The number of anilines is 1. The van der Waals surface area contributed by atoms with E-state index in [2.05, 4.69) is 0 Å². The summed E-state index contributed by atoms with van der Waals surface area (Å²) in [6, 6.07) is 10.6. The average molecular weight is 466 g/mol. The molecule has 0 radical (unpaired) electrons. The van der Waals surface area contributed by atoms with E-state index >= 15 is 0 Å². The molecule has 9 nitrogen and oxygen atoms in total. The Hall–Kier alpha value is -3.79. The number of carboxylic acid groups (broad SMARTS) is 1. The number of esters is 1. The van der Waals surface area contributed by atoms with Crippen molar-refractivity contribution in [3.05, 3.63) is 64.2 Å². The number of amides is 2. The molecule has 2 aromatic carbocycles. The molecule has 0 spiro atoms. The summed E-state index contributed by atoms with van der Waals surface area (Å²) in [5.41, 5.74) is 7.20. The second-order valence-corrected chi connectivity index (χ2v) is 8.86. The van der Waals surface area contributed by atoms with Gasteiger partial charge < -0.3 is 20.3 Å². The van der Waals surface area contributed by atoms with Crippen LogP contribution in [-0.2, 0) is 14.4 Å². The van der Waals surface area contributed by atoms with Gasteiger partial charge in [0.2, 0.25) is 11.8 Å². The van der Waals surface area contributed by atoms with Crippen LogP contribution in [0.3, 0.4) is 0 Å². The molecule has 0 aromatic heterocycles. The maximum absolute atomic E-state index is 13.6. The number of imide groups is 1. The summed E-state index contributed by atoms with van der Waals surface area (Å²) in [5, 5.41) is 8.43. The van der Waals surface area contributed by atoms with E-state index in [4.69, 9.17) is 20.3 Å². The first-order valence-corrected chi connectivity index (χ1v) is 11.1. The molecule has 1 saturated heterocycles. The number of ether oxygens (including phenoxy) is 2. The van der Waals surface area contributed by atoms with E-state index in [0.717, 1.165) is 16.7 Å². The number of hydrogen-bond acceptors (Lipinski definition) is 8. The number of rotatable bonds is 4. The van der Waals surface area contributed by atoms with Crippen molar-refractivity contribution in [1.29, 1.82) is 0 Å². The Morgan fingerprint density at radius 2 is 1.88 bits per heavy atom. The molecular formula is C23H18N2O7S. The lowest BCUT2D eigenvalue weighted by molar-refractivity contribution is -0.132. The highest BCUT2D eigenvalue weighted by Crippen LogP contribution is 2.56. The predicted molar refractivity (Wildman–Crippen MR) is 118 cm³/mol. The van der Waals surface area contributed by atoms with Gasteiger partial charge in [0.05, 0.1) is 34.4 Å². The van der Waals surface area contributed by atoms with Crippen molar-refractivity contribution < 1.29 is 33.8 Å². The zero-order chi connectivity index (χ0) is 23.4. The molecule has 1 fully saturated rings. The molecule has 0 aliphatic carbocycles. The summed E-state index contributed by atoms with van der Waals surface area (Å²) in [7, 11) is 0. The fourth-order valence-electron chi connectivity index (χ4n) is 4.53. The monoisotopic (exact) mass is 466 g/mol. The normalized spacial score (nSPS) is 23.6. The van der Waals surface area contributed by atoms with Gasteiger partial charge in [-0.3, -0.25) is 9.59 Å². The number of fused-ring (bicyclic) bond motifs is 5. The van der Waals surface area contributed by atoms with Crippen LogP contribution < -0.4 is 20.1 Å². The maximum atomic E-state index is 13.6. The Labute approximate surface area is 192 Å². The first-order valence-electron chi connectivity index (χ1n) is 10.2. The van der Waals surface area contributed by atoms with Crippen LogP contribution >= 0.6 is 11.8 Å². The molecule has 0 bridgehead atoms. The fraction of sp³-hybridized carbons (Fsp3) is 0.217. The molecule has 2 aromatic rings. The highest BCUT2D eigenvalue weighted by atomic mass is 32.2. The van der Waals surface area contributed by atoms with E-state index in [1.165, 1.54) is 24.3 Å². The molecule has 3 aliphatic heterocycles. The number of aromatic carboxylic acids is 1. The van der Waals surface area contributed by atoms with Crippen molar-refractivity contribution in [2.75, 3.05) is 11.5 Å². The third kappa shape index (κ3) is 3.09. The van der Waals surface area contributed by atoms with Gasteiger partial charge >= 0.3 is 11.9 Å². The summed E-state index contributed by atoms with van der Waals surface area (Å²) in [4.78, 5) is 52.0. The molecular weight excluding hydrogens is 448 g/mol. The van der Waals surface area contributed by atoms with Crippen LogP contribution in [0.4, 0.5) is 5.69 Å². The van der Waals surface area contributed by atoms with Crippen LogP contribution in [-0.4, -0.2) is 40.7 Å². The highest BCUT2D eigenvalue weighted by Gasteiger charge is 2.58. The molecule has 0 saturated carbocycles. The Morgan fingerprint density at radius 3 is 2.55 bits per heavy atom. The lowest BCUT2D eigenvalue weighted by Crippen LogP contribution is -2.39. The third-order valence-corrected chi connectivity index (χ3v) is 7.14. The van der Waals surface area contributed by atoms with Crippen LogP contribution in [0.2, 0.25) is 0 Å². The molecule has 3 atom stereocenters. The standard InChI is InChI=1S/C23H18N2O7S/c1-2-31-13-5-3-4-12-14-15-18(33-19(24)16(14)23(30)32-17(12)13)21(27)25(20(15)26)11-8-6-10(7-9-11)22(28)29/h3-9,14-15,18H,2,24H2,1H3,(H,28,29)/t14-,15-,18+/m1/s1. The fourth-order valence-corrected chi connectivity index (χ4v) is 5.77. The van der Waals surface area contributed by atoms with Gasteiger partial charge in [-0.25, -0.2) is 14.5 Å². The van der Waals surface area contributed by atoms with Crippen LogP contribution in [0.15, 0.2) is 53.1 Å². The van der Waals surface area contributed by atoms with Gasteiger partial charge in [-0.15, -0.1) is 0 Å². The summed E-state index contributed by atoms with van der Waals surface area (Å²) in [5.74, 6) is -3.81. The zero-order valence-electron chi connectivity index (χ0n) is 17.3. The average Bonchev–Trinajstić information content (AvgIpc) is 3.04. The molecule has 33 heavy (non-hydrogen) atoms. The number of carbonyl (C=O) groups excluding carboxylic acids is 3. The Kier molecular flexibility index (Phi) is 4.89. The smallest absolute Gasteiger partial charge is 0.342 e. The largest absolute Gasteiger partial charge is 0.490 e. The Balaban J connectivity index is 1.61. The Morgan fingerprint density at radius 1 is 1.15 bits per heavy atom. The summed E-state index contributed by atoms with van der Waals surface area (Å²) in [6.45, 7) is 2.15. The molecule has 3 aliphatic rings. The van der Waals surface area contributed by atoms with E-state index in [9.17, 15) is 19.2 Å². The van der Waals surface area contributed by atoms with Gasteiger partial charge in [-0.2, -0.15) is 0 Å². The number of carboxylic acids is 1. The van der Waals surface area contributed by atoms with E-state index in [1.807, 2.05) is 0 Å². The lowest BCUT2D eigenvalue weighted by atomic mass is 9.77. The first-order chi connectivity index (χ1) is 15.8. The number of benzene rings is 2. The minimum absolute atomic E-state index is 0.0326. The van der Waals surface area contributed by atoms with E-state index in [-0.39, 0.29) is 27.6 Å². The van der Waals surface area contributed by atoms with Crippen molar-refractivity contribution in [2.45, 2.75) is 18.1 Å². The molecule has 3 heterocycles. The number of para-hydroxylation sites is 1. The second-order valence-electron chi connectivity index (χ2n) is 7.68. The van der Waals surface area contributed by atoms with Crippen LogP contribution in [0, 0.1) is 5.92 Å². The van der Waals surface area contributed by atoms with Gasteiger partial charge in [0, 0.05) is 11.5 Å². The van der Waals surface area contributed by atoms with E-state index < -0.39 is 40.8 Å². The van der Waals surface area contributed by atoms with Gasteiger partial charge in [0.15, 0.2) is 11.5 Å². The van der Waals surface area contributed by atoms with Gasteiger partial charge in [-0.1, -0.05) is 23.9 Å². The number of nitrogens with zero attached hydrogens (tertiary/aromatic N) is 1. The molecule has 3 N–H and O–H groups in total. The summed E-state index contributed by atoms with van der Waals surface area (Å²) < 4.78 is 11.1. The maximum Gasteiger partial charge on any atom is 0.342 e. The quantitative estimate of drug-likeness (QED) is 0.395. The number of carbonyl (C=O) groups is 4. The molecule has 2 amide bonds. The SMILES string of the molecule is CCOc1cccc2c1OC(=O)C1=C(N)S[C@@H]3C(=O)N(c4ccc(C(=O)O)cc4)C(=O)[C@@H]3[C@H]12. The topological polar surface area (TPSA) is 136 Å². The third-order valence-electron chi connectivity index (χ3n) is 5.92. The first kappa shape index (κ1) is 21.1. The van der Waals surface area contributed by atoms with Gasteiger partial charge in [0.25, 0.3) is 0 Å². The second kappa shape index (κ2) is 7.66. The minimum atomic E-state index is -1.12. The van der Waals surface area contributed by atoms with Crippen molar-refractivity contribution in [3.8, 4) is 11.5 Å². The minimum Gasteiger partial charge on any atom is -0.490 e. The van der Waals surface area contributed by atoms with E-state index in [0.29, 0.717) is 17.9 Å². The van der Waals surface area contributed by atoms with Crippen molar-refractivity contribution in [3.63, 3.8) is 0 Å². The zero-order valence-corrected chi connectivity index (χ0v) is 18.1. The van der Waals surface area contributed by atoms with Crippen molar-refractivity contribution >= 4 is 41.2 Å². The van der Waals surface area contributed by atoms with Gasteiger partial charge in [-0.05, 0) is 37.3 Å². The molecule has 5 rings (SSSR count). The van der Waals surface area contributed by atoms with Crippen LogP contribution in [0.1, 0.15) is 28.8 Å².